The summed E-state index contributed by atoms with van der Waals surface area (Å²) in [5.41, 5.74) is 0.864. The van der Waals surface area contributed by atoms with E-state index in [0.29, 0.717) is 6.61 Å². The largest absolute Gasteiger partial charge is 0.463 e. The number of hydrogen-bond acceptors (Lipinski definition) is 3. The number of aliphatic hydroxyl groups is 1. The lowest BCUT2D eigenvalue weighted by atomic mass is 10.1. The molecule has 0 radical (unpaired) electrons. The van der Waals surface area contributed by atoms with Crippen molar-refractivity contribution in [2.45, 2.75) is 64.7 Å². The highest BCUT2D eigenvalue weighted by Crippen LogP contribution is 2.19. The molecule has 0 rings (SSSR count). The summed E-state index contributed by atoms with van der Waals surface area (Å²) in [5.74, 6) is -0.139. The van der Waals surface area contributed by atoms with Crippen molar-refractivity contribution in [1.29, 1.82) is 0 Å². The first-order chi connectivity index (χ1) is 8.90. The Kier molecular flexibility index (Phi) is 9.88. The lowest BCUT2D eigenvalue weighted by Crippen LogP contribution is -2.23. The summed E-state index contributed by atoms with van der Waals surface area (Å²) in [7, 11) is -1.30. The molecule has 0 fully saturated rings. The zero-order valence-corrected chi connectivity index (χ0v) is 14.0. The maximum Gasteiger partial charge on any atom is 0.333 e. The molecule has 0 aliphatic rings. The third-order valence-corrected chi connectivity index (χ3v) is 4.20. The highest BCUT2D eigenvalue weighted by atomic mass is 28.3. The second-order valence-corrected chi connectivity index (χ2v) is 11.6. The Morgan fingerprint density at radius 1 is 1.16 bits per heavy atom. The van der Waals surface area contributed by atoms with Gasteiger partial charge in [0.05, 0.1) is 6.61 Å². The van der Waals surface area contributed by atoms with Crippen LogP contribution in [0.15, 0.2) is 11.6 Å². The number of esters is 1. The molecule has 0 aliphatic heterocycles. The van der Waals surface area contributed by atoms with Crippen LogP contribution in [0.5, 0.6) is 0 Å². The van der Waals surface area contributed by atoms with Crippen molar-refractivity contribution in [3.8, 4) is 0 Å². The van der Waals surface area contributed by atoms with Gasteiger partial charge in [0, 0.05) is 20.3 Å². The van der Waals surface area contributed by atoms with E-state index in [1.807, 2.05) is 6.92 Å². The number of hydrogen-bond donors (Lipinski definition) is 1. The van der Waals surface area contributed by atoms with Gasteiger partial charge in [-0.05, 0) is 32.2 Å². The van der Waals surface area contributed by atoms with Gasteiger partial charge in [0.1, 0.15) is 0 Å². The van der Waals surface area contributed by atoms with Gasteiger partial charge in [0.25, 0.3) is 0 Å². The summed E-state index contributed by atoms with van der Waals surface area (Å²) in [5, 5.41) is 8.70. The van der Waals surface area contributed by atoms with E-state index in [1.165, 1.54) is 0 Å². The van der Waals surface area contributed by atoms with Crippen LogP contribution in [0, 0.1) is 0 Å². The highest BCUT2D eigenvalue weighted by Gasteiger charge is 2.20. The summed E-state index contributed by atoms with van der Waals surface area (Å²) in [6, 6.07) is 0.891. The van der Waals surface area contributed by atoms with Crippen molar-refractivity contribution in [2.75, 3.05) is 13.2 Å². The van der Waals surface area contributed by atoms with Crippen LogP contribution in [-0.2, 0) is 9.53 Å². The molecule has 0 spiro atoms. The van der Waals surface area contributed by atoms with E-state index in [4.69, 9.17) is 9.84 Å². The molecule has 112 valence electrons. The number of carbonyl (C=O) groups excluding carboxylic acids is 1. The molecule has 0 saturated carbocycles. The van der Waals surface area contributed by atoms with Gasteiger partial charge in [-0.2, -0.15) is 0 Å². The average Bonchev–Trinajstić information content (AvgIpc) is 2.31. The minimum atomic E-state index is -1.30. The van der Waals surface area contributed by atoms with Crippen molar-refractivity contribution < 1.29 is 14.6 Å². The van der Waals surface area contributed by atoms with E-state index in [-0.39, 0.29) is 12.6 Å². The van der Waals surface area contributed by atoms with Gasteiger partial charge in [-0.1, -0.05) is 38.6 Å². The van der Waals surface area contributed by atoms with Crippen LogP contribution in [0.2, 0.25) is 25.7 Å². The fourth-order valence-electron chi connectivity index (χ4n) is 1.91. The monoisotopic (exact) mass is 286 g/mol. The molecule has 0 aliphatic carbocycles. The predicted molar refractivity (Wildman–Crippen MR) is 83.0 cm³/mol. The second kappa shape index (κ2) is 10.2. The van der Waals surface area contributed by atoms with Crippen molar-refractivity contribution in [1.82, 2.24) is 0 Å². The van der Waals surface area contributed by atoms with Crippen LogP contribution in [0.4, 0.5) is 0 Å². The maximum atomic E-state index is 11.9. The summed E-state index contributed by atoms with van der Waals surface area (Å²) in [6.45, 7) is 9.36. The molecular formula is C15H30O3Si. The third kappa shape index (κ3) is 11.0. The first-order valence-electron chi connectivity index (χ1n) is 7.37. The number of carbonyl (C=O) groups is 1. The Morgan fingerprint density at radius 2 is 1.79 bits per heavy atom. The summed E-state index contributed by atoms with van der Waals surface area (Å²) >= 11 is 0. The van der Waals surface area contributed by atoms with E-state index < -0.39 is 8.07 Å². The minimum absolute atomic E-state index is 0.139. The first-order valence-corrected chi connectivity index (χ1v) is 11.1. The van der Waals surface area contributed by atoms with E-state index >= 15 is 0 Å². The Morgan fingerprint density at radius 3 is 2.32 bits per heavy atom. The lowest BCUT2D eigenvalue weighted by Gasteiger charge is -2.17. The summed E-state index contributed by atoms with van der Waals surface area (Å²) < 4.78 is 5.13. The zero-order chi connectivity index (χ0) is 14.7. The van der Waals surface area contributed by atoms with Gasteiger partial charge in [-0.3, -0.25) is 0 Å². The summed E-state index contributed by atoms with van der Waals surface area (Å²) in [6.07, 6.45) is 7.13. The van der Waals surface area contributed by atoms with E-state index in [0.717, 1.165) is 43.7 Å². The first kappa shape index (κ1) is 18.4. The predicted octanol–water partition coefficient (Wildman–Crippen LogP) is 3.76. The Labute approximate surface area is 119 Å². The number of allylic oxidation sites excluding steroid dienone is 1. The maximum absolute atomic E-state index is 11.9. The van der Waals surface area contributed by atoms with Gasteiger partial charge in [0.2, 0.25) is 0 Å². The van der Waals surface area contributed by atoms with Gasteiger partial charge >= 0.3 is 5.97 Å². The minimum Gasteiger partial charge on any atom is -0.463 e. The molecule has 4 heteroatoms. The van der Waals surface area contributed by atoms with Crippen LogP contribution in [0.3, 0.4) is 0 Å². The third-order valence-electron chi connectivity index (χ3n) is 2.76. The Hall–Kier alpha value is -0.613. The Balaban J connectivity index is 4.27. The number of unbranched alkanes of at least 4 members (excludes halogenated alkanes) is 4. The molecule has 19 heavy (non-hydrogen) atoms. The number of aliphatic hydroxyl groups excluding tert-OH is 1. The van der Waals surface area contributed by atoms with Crippen LogP contribution >= 0.6 is 0 Å². The van der Waals surface area contributed by atoms with Crippen LogP contribution in [0.25, 0.3) is 0 Å². The quantitative estimate of drug-likeness (QED) is 0.288. The van der Waals surface area contributed by atoms with Crippen molar-refractivity contribution in [3.05, 3.63) is 11.6 Å². The lowest BCUT2D eigenvalue weighted by molar-refractivity contribution is -0.138. The average molecular weight is 286 g/mol. The van der Waals surface area contributed by atoms with Crippen molar-refractivity contribution in [3.63, 3.8) is 0 Å². The van der Waals surface area contributed by atoms with Crippen LogP contribution < -0.4 is 0 Å². The van der Waals surface area contributed by atoms with Crippen LogP contribution in [0.1, 0.15) is 39.0 Å². The van der Waals surface area contributed by atoms with E-state index in [1.54, 1.807) is 0 Å². The van der Waals surface area contributed by atoms with Gasteiger partial charge in [0.15, 0.2) is 0 Å². The molecule has 0 heterocycles. The number of rotatable bonds is 10. The Bertz CT molecular complexity index is 280. The molecule has 0 aromatic rings. The van der Waals surface area contributed by atoms with Gasteiger partial charge in [-0.25, -0.2) is 4.79 Å². The molecule has 0 atom stereocenters. The SMILES string of the molecule is CCOC(=O)/C(=C/CCCCCCO)C[Si](C)(C)C. The molecule has 1 N–H and O–H groups in total. The topological polar surface area (TPSA) is 46.5 Å². The van der Waals surface area contributed by atoms with Crippen molar-refractivity contribution >= 4 is 14.0 Å². The smallest absolute Gasteiger partial charge is 0.333 e. The standard InChI is InChI=1S/C15H30O3Si/c1-5-18-15(17)14(13-19(2,3)4)11-9-7-6-8-10-12-16/h11,16H,5-10,12-13H2,1-4H3/b14-11+. The fraction of sp³-hybridized carbons (Fsp3) is 0.800. The molecular weight excluding hydrogens is 256 g/mol. The molecule has 0 aromatic heterocycles. The summed E-state index contributed by atoms with van der Waals surface area (Å²) in [4.78, 5) is 11.9. The van der Waals surface area contributed by atoms with Gasteiger partial charge in [-0.15, -0.1) is 0 Å². The molecule has 0 saturated heterocycles. The molecule has 0 aromatic carbocycles. The fourth-order valence-corrected chi connectivity index (χ4v) is 3.34. The zero-order valence-electron chi connectivity index (χ0n) is 13.0. The van der Waals surface area contributed by atoms with E-state index in [9.17, 15) is 4.79 Å². The van der Waals surface area contributed by atoms with Gasteiger partial charge < -0.3 is 9.84 Å². The normalized spacial score (nSPS) is 12.6. The highest BCUT2D eigenvalue weighted by molar-refractivity contribution is 6.77. The molecule has 0 unspecified atom stereocenters. The van der Waals surface area contributed by atoms with Crippen molar-refractivity contribution in [2.24, 2.45) is 0 Å². The van der Waals surface area contributed by atoms with Crippen LogP contribution in [-0.4, -0.2) is 32.4 Å². The molecule has 3 nitrogen and oxygen atoms in total. The number of ether oxygens (including phenoxy) is 1. The second-order valence-electron chi connectivity index (χ2n) is 6.11. The molecule has 0 amide bonds. The van der Waals surface area contributed by atoms with E-state index in [2.05, 4.69) is 25.7 Å². The molecule has 0 bridgehead atoms.